The van der Waals surface area contributed by atoms with Crippen molar-refractivity contribution in [2.45, 2.75) is 50.3 Å². The van der Waals surface area contributed by atoms with Crippen LogP contribution in [-0.4, -0.2) is 22.3 Å². The molecule has 2 unspecified atom stereocenters. The fraction of sp³-hybridized carbons (Fsp3) is 0.692. The molecule has 0 aliphatic heterocycles. The van der Waals surface area contributed by atoms with Crippen molar-refractivity contribution >= 4 is 17.6 Å². The van der Waals surface area contributed by atoms with E-state index in [4.69, 9.17) is 10.5 Å². The van der Waals surface area contributed by atoms with Gasteiger partial charge in [0.1, 0.15) is 11.9 Å². The predicted octanol–water partition coefficient (Wildman–Crippen LogP) is 3.13. The van der Waals surface area contributed by atoms with Crippen molar-refractivity contribution in [2.24, 2.45) is 5.92 Å². The molecule has 0 spiro atoms. The molecular weight excluding hydrogens is 246 g/mol. The fourth-order valence-electron chi connectivity index (χ4n) is 2.46. The zero-order valence-electron chi connectivity index (χ0n) is 11.1. The van der Waals surface area contributed by atoms with E-state index in [-0.39, 0.29) is 6.10 Å². The quantitative estimate of drug-likeness (QED) is 0.671. The molecule has 2 atom stereocenters. The van der Waals surface area contributed by atoms with Gasteiger partial charge in [-0.05, 0) is 31.4 Å². The van der Waals surface area contributed by atoms with E-state index in [1.165, 1.54) is 31.0 Å². The van der Waals surface area contributed by atoms with E-state index >= 15 is 0 Å². The van der Waals surface area contributed by atoms with Crippen molar-refractivity contribution in [3.05, 3.63) is 6.07 Å². The number of hydrogen-bond acceptors (Lipinski definition) is 5. The smallest absolute Gasteiger partial charge is 0.219 e. The zero-order valence-corrected chi connectivity index (χ0v) is 11.9. The molecule has 1 saturated carbocycles. The van der Waals surface area contributed by atoms with E-state index in [1.807, 2.05) is 6.26 Å². The molecule has 18 heavy (non-hydrogen) atoms. The highest BCUT2D eigenvalue weighted by molar-refractivity contribution is 7.98. The molecule has 1 heterocycles. The highest BCUT2D eigenvalue weighted by atomic mass is 32.2. The SMILES string of the molecule is CCC1CCCC(Oc2cc(N)nc(SC)n2)C1. The highest BCUT2D eigenvalue weighted by Gasteiger charge is 2.22. The van der Waals surface area contributed by atoms with Crippen molar-refractivity contribution in [2.75, 3.05) is 12.0 Å². The van der Waals surface area contributed by atoms with E-state index in [0.29, 0.717) is 16.9 Å². The number of aromatic nitrogens is 2. The molecular formula is C13H21N3OS. The third-order valence-electron chi connectivity index (χ3n) is 3.48. The second-order valence-electron chi connectivity index (χ2n) is 4.80. The van der Waals surface area contributed by atoms with E-state index in [1.54, 1.807) is 6.07 Å². The Labute approximate surface area is 113 Å². The summed E-state index contributed by atoms with van der Waals surface area (Å²) in [5, 5.41) is 0.674. The summed E-state index contributed by atoms with van der Waals surface area (Å²) in [5.74, 6) is 1.89. The average molecular weight is 267 g/mol. The molecule has 4 nitrogen and oxygen atoms in total. The van der Waals surface area contributed by atoms with Gasteiger partial charge in [-0.2, -0.15) is 4.98 Å². The maximum absolute atomic E-state index is 5.97. The van der Waals surface area contributed by atoms with Gasteiger partial charge < -0.3 is 10.5 Å². The Morgan fingerprint density at radius 3 is 3.00 bits per heavy atom. The van der Waals surface area contributed by atoms with Gasteiger partial charge in [0, 0.05) is 6.07 Å². The van der Waals surface area contributed by atoms with E-state index in [2.05, 4.69) is 16.9 Å². The molecule has 2 rings (SSSR count). The topological polar surface area (TPSA) is 61.0 Å². The van der Waals surface area contributed by atoms with Gasteiger partial charge in [-0.1, -0.05) is 31.5 Å². The molecule has 5 heteroatoms. The molecule has 0 saturated heterocycles. The average Bonchev–Trinajstić information content (AvgIpc) is 2.38. The summed E-state index contributed by atoms with van der Waals surface area (Å²) in [6.07, 6.45) is 8.29. The summed E-state index contributed by atoms with van der Waals surface area (Å²) in [5.41, 5.74) is 5.75. The second-order valence-corrected chi connectivity index (χ2v) is 5.57. The zero-order chi connectivity index (χ0) is 13.0. The molecule has 1 aliphatic carbocycles. The summed E-state index contributed by atoms with van der Waals surface area (Å²) in [7, 11) is 0. The minimum Gasteiger partial charge on any atom is -0.474 e. The van der Waals surface area contributed by atoms with Crippen LogP contribution in [0.3, 0.4) is 0 Å². The van der Waals surface area contributed by atoms with Crippen LogP contribution >= 0.6 is 11.8 Å². The van der Waals surface area contributed by atoms with Crippen molar-refractivity contribution in [3.8, 4) is 5.88 Å². The maximum atomic E-state index is 5.97. The fourth-order valence-corrected chi connectivity index (χ4v) is 2.84. The molecule has 2 N–H and O–H groups in total. The standard InChI is InChI=1S/C13H21N3OS/c1-3-9-5-4-6-10(7-9)17-12-8-11(14)15-13(16-12)18-2/h8-10H,3-7H2,1-2H3,(H2,14,15,16). The van der Waals surface area contributed by atoms with Crippen LogP contribution in [0.25, 0.3) is 0 Å². The Hall–Kier alpha value is -0.970. The van der Waals surface area contributed by atoms with Crippen LogP contribution in [0, 0.1) is 5.92 Å². The summed E-state index contributed by atoms with van der Waals surface area (Å²) >= 11 is 1.48. The van der Waals surface area contributed by atoms with Crippen molar-refractivity contribution in [1.82, 2.24) is 9.97 Å². The second kappa shape index (κ2) is 6.27. The lowest BCUT2D eigenvalue weighted by molar-refractivity contribution is 0.116. The Balaban J connectivity index is 2.02. The maximum Gasteiger partial charge on any atom is 0.219 e. The summed E-state index contributed by atoms with van der Waals surface area (Å²) in [4.78, 5) is 8.47. The van der Waals surface area contributed by atoms with Crippen LogP contribution < -0.4 is 10.5 Å². The molecule has 0 aromatic carbocycles. The first-order valence-corrected chi connectivity index (χ1v) is 7.79. The molecule has 0 radical (unpaired) electrons. The Morgan fingerprint density at radius 1 is 1.44 bits per heavy atom. The Morgan fingerprint density at radius 2 is 2.28 bits per heavy atom. The number of hydrogen-bond donors (Lipinski definition) is 1. The van der Waals surface area contributed by atoms with Gasteiger partial charge in [0.05, 0.1) is 0 Å². The third-order valence-corrected chi connectivity index (χ3v) is 4.03. The summed E-state index contributed by atoms with van der Waals surface area (Å²) < 4.78 is 5.97. The van der Waals surface area contributed by atoms with Crippen LogP contribution in [0.2, 0.25) is 0 Å². The molecule has 100 valence electrons. The minimum atomic E-state index is 0.285. The first-order valence-electron chi connectivity index (χ1n) is 6.56. The predicted molar refractivity (Wildman–Crippen MR) is 74.9 cm³/mol. The summed E-state index contributed by atoms with van der Waals surface area (Å²) in [6, 6.07) is 1.72. The van der Waals surface area contributed by atoms with Gasteiger partial charge in [0.25, 0.3) is 0 Å². The number of nitrogens with two attached hydrogens (primary N) is 1. The van der Waals surface area contributed by atoms with Crippen LogP contribution in [0.15, 0.2) is 11.2 Å². The Bertz CT molecular complexity index is 400. The molecule has 0 bridgehead atoms. The lowest BCUT2D eigenvalue weighted by Gasteiger charge is -2.28. The normalized spacial score (nSPS) is 23.9. The first-order chi connectivity index (χ1) is 8.71. The lowest BCUT2D eigenvalue weighted by atomic mass is 9.85. The first kappa shape index (κ1) is 13.5. The van der Waals surface area contributed by atoms with Gasteiger partial charge in [-0.3, -0.25) is 0 Å². The monoisotopic (exact) mass is 267 g/mol. The lowest BCUT2D eigenvalue weighted by Crippen LogP contribution is -2.25. The van der Waals surface area contributed by atoms with Crippen molar-refractivity contribution in [1.29, 1.82) is 0 Å². The van der Waals surface area contributed by atoms with Crippen molar-refractivity contribution in [3.63, 3.8) is 0 Å². The number of nitrogens with zero attached hydrogens (tertiary/aromatic N) is 2. The molecule has 0 amide bonds. The van der Waals surface area contributed by atoms with Gasteiger partial charge in [-0.25, -0.2) is 4.98 Å². The van der Waals surface area contributed by atoms with Crippen LogP contribution in [0.5, 0.6) is 5.88 Å². The summed E-state index contributed by atoms with van der Waals surface area (Å²) in [6.45, 7) is 2.25. The molecule has 1 aliphatic rings. The molecule has 1 fully saturated rings. The van der Waals surface area contributed by atoms with Crippen molar-refractivity contribution < 1.29 is 4.74 Å². The van der Waals surface area contributed by atoms with Gasteiger partial charge in [0.2, 0.25) is 5.88 Å². The number of thioether (sulfide) groups is 1. The van der Waals surface area contributed by atoms with Gasteiger partial charge >= 0.3 is 0 Å². The third kappa shape index (κ3) is 3.51. The van der Waals surface area contributed by atoms with E-state index in [9.17, 15) is 0 Å². The largest absolute Gasteiger partial charge is 0.474 e. The van der Waals surface area contributed by atoms with E-state index < -0.39 is 0 Å². The number of anilines is 1. The number of ether oxygens (including phenoxy) is 1. The van der Waals surface area contributed by atoms with E-state index in [0.717, 1.165) is 18.8 Å². The number of rotatable bonds is 4. The van der Waals surface area contributed by atoms with Crippen LogP contribution in [0.4, 0.5) is 5.82 Å². The molecule has 1 aromatic rings. The van der Waals surface area contributed by atoms with Gasteiger partial charge in [0.15, 0.2) is 5.16 Å². The van der Waals surface area contributed by atoms with Crippen LogP contribution in [0.1, 0.15) is 39.0 Å². The Kier molecular flexibility index (Phi) is 4.69. The highest BCUT2D eigenvalue weighted by Crippen LogP contribution is 2.29. The van der Waals surface area contributed by atoms with Crippen LogP contribution in [-0.2, 0) is 0 Å². The van der Waals surface area contributed by atoms with Gasteiger partial charge in [-0.15, -0.1) is 0 Å². The molecule has 1 aromatic heterocycles. The number of nitrogen functional groups attached to an aromatic ring is 1. The minimum absolute atomic E-state index is 0.285.